The lowest BCUT2D eigenvalue weighted by molar-refractivity contribution is 0.742. The molecule has 0 radical (unpaired) electrons. The lowest BCUT2D eigenvalue weighted by atomic mass is 10.2. The van der Waals surface area contributed by atoms with E-state index >= 15 is 0 Å². The van der Waals surface area contributed by atoms with Gasteiger partial charge < -0.3 is 11.1 Å². The Balaban J connectivity index is 0.000000132. The highest BCUT2D eigenvalue weighted by atomic mass is 14.9. The van der Waals surface area contributed by atoms with E-state index in [1.807, 2.05) is 18.2 Å². The minimum Gasteiger partial charge on any atom is -0.327 e. The summed E-state index contributed by atoms with van der Waals surface area (Å²) in [6, 6.07) is 10.7. The highest BCUT2D eigenvalue weighted by Gasteiger charge is 2.06. The monoisotopic (exact) mass is 178 g/mol. The van der Waals surface area contributed by atoms with Crippen molar-refractivity contribution in [1.82, 2.24) is 5.32 Å². The first kappa shape index (κ1) is 10.2. The first-order valence-electron chi connectivity index (χ1n) is 4.77. The number of nitrogens with two attached hydrogens (primary N) is 1. The molecule has 1 saturated heterocycles. The van der Waals surface area contributed by atoms with E-state index in [1.54, 1.807) is 0 Å². The Morgan fingerprint density at radius 1 is 1.31 bits per heavy atom. The summed E-state index contributed by atoms with van der Waals surface area (Å²) in [5.41, 5.74) is 6.79. The molecular weight excluding hydrogens is 160 g/mol. The minimum atomic E-state index is 0.435. The predicted molar refractivity (Wildman–Crippen MR) is 56.6 cm³/mol. The topological polar surface area (TPSA) is 38.0 Å². The lowest BCUT2D eigenvalue weighted by Gasteiger charge is -1.91. The zero-order chi connectivity index (χ0) is 9.52. The van der Waals surface area contributed by atoms with Crippen LogP contribution in [0, 0.1) is 6.92 Å². The van der Waals surface area contributed by atoms with Crippen LogP contribution in [0.15, 0.2) is 30.3 Å². The molecule has 1 aromatic rings. The molecule has 0 spiro atoms. The maximum Gasteiger partial charge on any atom is 0.0177 e. The van der Waals surface area contributed by atoms with Crippen molar-refractivity contribution in [3.05, 3.63) is 35.9 Å². The summed E-state index contributed by atoms with van der Waals surface area (Å²) in [5, 5.41) is 3.15. The molecule has 3 N–H and O–H groups in total. The van der Waals surface area contributed by atoms with Crippen molar-refractivity contribution in [2.75, 3.05) is 13.1 Å². The van der Waals surface area contributed by atoms with Crippen molar-refractivity contribution in [2.45, 2.75) is 19.4 Å². The van der Waals surface area contributed by atoms with Crippen LogP contribution in [-0.4, -0.2) is 19.1 Å². The van der Waals surface area contributed by atoms with Crippen molar-refractivity contribution in [3.8, 4) is 0 Å². The van der Waals surface area contributed by atoms with Gasteiger partial charge in [0.2, 0.25) is 0 Å². The largest absolute Gasteiger partial charge is 0.327 e. The van der Waals surface area contributed by atoms with Gasteiger partial charge in [-0.05, 0) is 19.9 Å². The van der Waals surface area contributed by atoms with E-state index in [0.29, 0.717) is 6.04 Å². The van der Waals surface area contributed by atoms with Crippen molar-refractivity contribution in [3.63, 3.8) is 0 Å². The fourth-order valence-electron chi connectivity index (χ4n) is 1.21. The molecule has 72 valence electrons. The Morgan fingerprint density at radius 3 is 2.23 bits per heavy atom. The minimum absolute atomic E-state index is 0.435. The van der Waals surface area contributed by atoms with Crippen LogP contribution in [0.2, 0.25) is 0 Å². The highest BCUT2D eigenvalue weighted by Crippen LogP contribution is 1.92. The smallest absolute Gasteiger partial charge is 0.0177 e. The second-order valence-corrected chi connectivity index (χ2v) is 3.41. The molecule has 1 aliphatic heterocycles. The summed E-state index contributed by atoms with van der Waals surface area (Å²) < 4.78 is 0. The summed E-state index contributed by atoms with van der Waals surface area (Å²) >= 11 is 0. The summed E-state index contributed by atoms with van der Waals surface area (Å²) in [7, 11) is 0. The van der Waals surface area contributed by atoms with Gasteiger partial charge in [-0.2, -0.15) is 0 Å². The molecule has 0 saturated carbocycles. The molecule has 1 aromatic carbocycles. The van der Waals surface area contributed by atoms with Gasteiger partial charge in [0.15, 0.2) is 0 Å². The number of aryl methyl sites for hydroxylation is 1. The van der Waals surface area contributed by atoms with Crippen LogP contribution in [0.1, 0.15) is 12.0 Å². The molecule has 1 fully saturated rings. The van der Waals surface area contributed by atoms with E-state index in [4.69, 9.17) is 5.73 Å². The third-order valence-electron chi connectivity index (χ3n) is 2.04. The van der Waals surface area contributed by atoms with E-state index in [9.17, 15) is 0 Å². The van der Waals surface area contributed by atoms with Gasteiger partial charge in [0, 0.05) is 12.6 Å². The first-order valence-corrected chi connectivity index (χ1v) is 4.77. The van der Waals surface area contributed by atoms with Gasteiger partial charge in [0.25, 0.3) is 0 Å². The molecule has 0 aromatic heterocycles. The molecule has 0 aliphatic carbocycles. The lowest BCUT2D eigenvalue weighted by Crippen LogP contribution is -2.21. The average molecular weight is 178 g/mol. The molecule has 1 heterocycles. The molecule has 13 heavy (non-hydrogen) atoms. The quantitative estimate of drug-likeness (QED) is 0.628. The number of nitrogens with one attached hydrogen (secondary N) is 1. The van der Waals surface area contributed by atoms with E-state index in [1.165, 1.54) is 5.56 Å². The van der Waals surface area contributed by atoms with Crippen LogP contribution < -0.4 is 11.1 Å². The Hall–Kier alpha value is -0.860. The number of hydrogen-bond acceptors (Lipinski definition) is 2. The molecular formula is C11H18N2. The van der Waals surface area contributed by atoms with Crippen molar-refractivity contribution >= 4 is 0 Å². The molecule has 1 aliphatic rings. The predicted octanol–water partition coefficient (Wildman–Crippen LogP) is 1.30. The third-order valence-corrected chi connectivity index (χ3v) is 2.04. The zero-order valence-electron chi connectivity index (χ0n) is 8.16. The van der Waals surface area contributed by atoms with Crippen molar-refractivity contribution < 1.29 is 0 Å². The van der Waals surface area contributed by atoms with Gasteiger partial charge >= 0.3 is 0 Å². The van der Waals surface area contributed by atoms with E-state index in [-0.39, 0.29) is 0 Å². The summed E-state index contributed by atoms with van der Waals surface area (Å²) in [5.74, 6) is 0. The van der Waals surface area contributed by atoms with Gasteiger partial charge in [0.1, 0.15) is 0 Å². The number of hydrogen-bond donors (Lipinski definition) is 2. The SMILES string of the molecule is Cc1ccccc1.NC1CCNC1. The van der Waals surface area contributed by atoms with Crippen molar-refractivity contribution in [2.24, 2.45) is 5.73 Å². The van der Waals surface area contributed by atoms with Crippen LogP contribution in [0.5, 0.6) is 0 Å². The van der Waals surface area contributed by atoms with Crippen LogP contribution >= 0.6 is 0 Å². The zero-order valence-corrected chi connectivity index (χ0v) is 8.16. The number of rotatable bonds is 0. The van der Waals surface area contributed by atoms with E-state index in [0.717, 1.165) is 19.5 Å². The van der Waals surface area contributed by atoms with E-state index in [2.05, 4.69) is 24.4 Å². The second kappa shape index (κ2) is 5.73. The molecule has 1 unspecified atom stereocenters. The fraction of sp³-hybridized carbons (Fsp3) is 0.455. The van der Waals surface area contributed by atoms with Crippen LogP contribution in [-0.2, 0) is 0 Å². The van der Waals surface area contributed by atoms with Crippen LogP contribution in [0.3, 0.4) is 0 Å². The maximum absolute atomic E-state index is 5.47. The summed E-state index contributed by atoms with van der Waals surface area (Å²) in [4.78, 5) is 0. The molecule has 0 amide bonds. The van der Waals surface area contributed by atoms with E-state index < -0.39 is 0 Å². The second-order valence-electron chi connectivity index (χ2n) is 3.41. The van der Waals surface area contributed by atoms with Gasteiger partial charge in [0.05, 0.1) is 0 Å². The molecule has 2 nitrogen and oxygen atoms in total. The standard InChI is InChI=1S/C7H8.C4H10N2/c1-7-5-3-2-4-6-7;5-4-1-2-6-3-4/h2-6H,1H3;4,6H,1-3,5H2. The first-order chi connectivity index (χ1) is 6.29. The maximum atomic E-state index is 5.47. The highest BCUT2D eigenvalue weighted by molar-refractivity contribution is 5.11. The summed E-state index contributed by atoms with van der Waals surface area (Å²) in [6.45, 7) is 4.21. The number of benzene rings is 1. The molecule has 1 atom stereocenters. The van der Waals surface area contributed by atoms with Gasteiger partial charge in [-0.25, -0.2) is 0 Å². The Kier molecular flexibility index (Phi) is 4.50. The fourth-order valence-corrected chi connectivity index (χ4v) is 1.21. The van der Waals surface area contributed by atoms with Gasteiger partial charge in [-0.15, -0.1) is 0 Å². The Labute approximate surface area is 80.1 Å². The summed E-state index contributed by atoms with van der Waals surface area (Å²) in [6.07, 6.45) is 1.15. The molecule has 0 bridgehead atoms. The van der Waals surface area contributed by atoms with Crippen molar-refractivity contribution in [1.29, 1.82) is 0 Å². The molecule has 2 heteroatoms. The Bertz CT molecular complexity index is 215. The third kappa shape index (κ3) is 4.65. The normalized spacial score (nSPS) is 20.6. The van der Waals surface area contributed by atoms with Gasteiger partial charge in [-0.3, -0.25) is 0 Å². The average Bonchev–Trinajstić information content (AvgIpc) is 2.58. The van der Waals surface area contributed by atoms with Gasteiger partial charge in [-0.1, -0.05) is 35.9 Å². The molecule has 2 rings (SSSR count). The van der Waals surface area contributed by atoms with Crippen LogP contribution in [0.25, 0.3) is 0 Å². The van der Waals surface area contributed by atoms with Crippen LogP contribution in [0.4, 0.5) is 0 Å². The Morgan fingerprint density at radius 2 is 2.00 bits per heavy atom.